The molecule has 4 N–H and O–H groups in total. The minimum Gasteiger partial charge on any atom is -0.478 e. The lowest BCUT2D eigenvalue weighted by atomic mass is 10.2. The number of nitrogens with zero attached hydrogens (tertiary/aromatic N) is 1. The number of carboxylic acid groups (broad SMARTS) is 1. The molecule has 0 atom stereocenters. The van der Waals surface area contributed by atoms with E-state index >= 15 is 0 Å². The summed E-state index contributed by atoms with van der Waals surface area (Å²) in [5.41, 5.74) is 5.44. The highest BCUT2D eigenvalue weighted by Crippen LogP contribution is 2.21. The first-order valence-corrected chi connectivity index (χ1v) is 6.30. The van der Waals surface area contributed by atoms with Crippen LogP contribution in [0.15, 0.2) is 34.9 Å². The van der Waals surface area contributed by atoms with Crippen molar-refractivity contribution in [2.45, 2.75) is 0 Å². The zero-order valence-electron chi connectivity index (χ0n) is 10.0. The standard InChI is InChI=1S/C12H11N3O3S/c1-19-11(9(6-13)10(14)16)15-8-4-2-3-7(5-8)12(17)18/h2-5,15H,1H3,(H2,14,16)(H,17,18)/b11-9+. The van der Waals surface area contributed by atoms with Crippen LogP contribution in [0.2, 0.25) is 0 Å². The Morgan fingerprint density at radius 3 is 2.63 bits per heavy atom. The molecule has 1 aromatic rings. The Balaban J connectivity index is 3.13. The Bertz CT molecular complexity index is 590. The van der Waals surface area contributed by atoms with Gasteiger partial charge in [0.1, 0.15) is 11.6 Å². The lowest BCUT2D eigenvalue weighted by molar-refractivity contribution is -0.114. The molecule has 0 unspecified atom stereocenters. The Morgan fingerprint density at radius 1 is 1.47 bits per heavy atom. The van der Waals surface area contributed by atoms with Gasteiger partial charge in [0.05, 0.1) is 10.6 Å². The zero-order chi connectivity index (χ0) is 14.4. The molecule has 0 aromatic heterocycles. The van der Waals surface area contributed by atoms with Crippen molar-refractivity contribution in [3.63, 3.8) is 0 Å². The van der Waals surface area contributed by atoms with Crippen LogP contribution < -0.4 is 11.1 Å². The second kappa shape index (κ2) is 6.47. The average Bonchev–Trinajstić information content (AvgIpc) is 2.38. The molecule has 0 saturated heterocycles. The van der Waals surface area contributed by atoms with Crippen molar-refractivity contribution < 1.29 is 14.7 Å². The summed E-state index contributed by atoms with van der Waals surface area (Å²) in [6.07, 6.45) is 1.67. The second-order valence-corrected chi connectivity index (χ2v) is 4.21. The van der Waals surface area contributed by atoms with Crippen LogP contribution >= 0.6 is 11.8 Å². The Labute approximate surface area is 113 Å². The van der Waals surface area contributed by atoms with Gasteiger partial charge >= 0.3 is 5.97 Å². The van der Waals surface area contributed by atoms with Gasteiger partial charge in [-0.3, -0.25) is 4.79 Å². The Kier molecular flexibility index (Phi) is 4.97. The Hall–Kier alpha value is -2.46. The van der Waals surface area contributed by atoms with Crippen molar-refractivity contribution in [1.29, 1.82) is 5.26 Å². The number of carbonyl (C=O) groups excluding carboxylic acids is 1. The van der Waals surface area contributed by atoms with Crippen molar-refractivity contribution in [2.24, 2.45) is 5.73 Å². The molecule has 1 amide bonds. The van der Waals surface area contributed by atoms with Crippen molar-refractivity contribution in [2.75, 3.05) is 11.6 Å². The third-order valence-electron chi connectivity index (χ3n) is 2.16. The molecule has 1 rings (SSSR count). The van der Waals surface area contributed by atoms with Crippen LogP contribution in [0, 0.1) is 11.3 Å². The summed E-state index contributed by atoms with van der Waals surface area (Å²) in [6, 6.07) is 7.73. The Morgan fingerprint density at radius 2 is 2.16 bits per heavy atom. The van der Waals surface area contributed by atoms with Crippen molar-refractivity contribution >= 4 is 29.3 Å². The van der Waals surface area contributed by atoms with Crippen LogP contribution in [0.1, 0.15) is 10.4 Å². The molecule has 0 heterocycles. The molecule has 98 valence electrons. The lowest BCUT2D eigenvalue weighted by Gasteiger charge is -2.10. The number of nitrogens with one attached hydrogen (secondary N) is 1. The fourth-order valence-electron chi connectivity index (χ4n) is 1.29. The van der Waals surface area contributed by atoms with E-state index in [1.807, 2.05) is 0 Å². The van der Waals surface area contributed by atoms with Gasteiger partial charge in [0, 0.05) is 5.69 Å². The van der Waals surface area contributed by atoms with E-state index < -0.39 is 11.9 Å². The fraction of sp³-hybridized carbons (Fsp3) is 0.0833. The molecule has 6 nitrogen and oxygen atoms in total. The molecule has 0 aliphatic rings. The number of hydrogen-bond donors (Lipinski definition) is 3. The maximum Gasteiger partial charge on any atom is 0.335 e. The van der Waals surface area contributed by atoms with E-state index in [0.717, 1.165) is 11.8 Å². The zero-order valence-corrected chi connectivity index (χ0v) is 10.8. The van der Waals surface area contributed by atoms with Gasteiger partial charge in [0.25, 0.3) is 5.91 Å². The van der Waals surface area contributed by atoms with E-state index in [1.54, 1.807) is 24.5 Å². The van der Waals surface area contributed by atoms with Gasteiger partial charge in [-0.15, -0.1) is 11.8 Å². The third-order valence-corrected chi connectivity index (χ3v) is 2.87. The van der Waals surface area contributed by atoms with Gasteiger partial charge in [-0.2, -0.15) is 5.26 Å². The number of amides is 1. The first kappa shape index (κ1) is 14.6. The molecule has 19 heavy (non-hydrogen) atoms. The highest BCUT2D eigenvalue weighted by atomic mass is 32.2. The van der Waals surface area contributed by atoms with Crippen LogP contribution in [-0.2, 0) is 4.79 Å². The number of nitrogens with two attached hydrogens (primary N) is 1. The molecular formula is C12H11N3O3S. The van der Waals surface area contributed by atoms with Crippen LogP contribution in [0.3, 0.4) is 0 Å². The predicted molar refractivity (Wildman–Crippen MR) is 72.4 cm³/mol. The maximum absolute atomic E-state index is 11.1. The molecule has 0 radical (unpaired) electrons. The number of thioether (sulfide) groups is 1. The summed E-state index contributed by atoms with van der Waals surface area (Å²) >= 11 is 1.14. The summed E-state index contributed by atoms with van der Waals surface area (Å²) in [4.78, 5) is 21.9. The van der Waals surface area contributed by atoms with Crippen molar-refractivity contribution in [3.8, 4) is 6.07 Å². The van der Waals surface area contributed by atoms with Gasteiger partial charge in [-0.05, 0) is 24.5 Å². The highest BCUT2D eigenvalue weighted by molar-refractivity contribution is 8.02. The van der Waals surface area contributed by atoms with Crippen LogP contribution in [0.5, 0.6) is 0 Å². The number of carbonyl (C=O) groups is 2. The number of benzene rings is 1. The second-order valence-electron chi connectivity index (χ2n) is 3.40. The van der Waals surface area contributed by atoms with E-state index in [0.29, 0.717) is 5.69 Å². The van der Waals surface area contributed by atoms with E-state index in [2.05, 4.69) is 5.32 Å². The summed E-state index contributed by atoms with van der Waals surface area (Å²) in [7, 11) is 0. The minimum absolute atomic E-state index is 0.100. The van der Waals surface area contributed by atoms with Gasteiger partial charge in [-0.25, -0.2) is 4.79 Å². The van der Waals surface area contributed by atoms with E-state index in [1.165, 1.54) is 12.1 Å². The van der Waals surface area contributed by atoms with Gasteiger partial charge in [-0.1, -0.05) is 6.07 Å². The van der Waals surface area contributed by atoms with E-state index in [4.69, 9.17) is 16.1 Å². The van der Waals surface area contributed by atoms with Gasteiger partial charge < -0.3 is 16.2 Å². The van der Waals surface area contributed by atoms with Crippen molar-refractivity contribution in [3.05, 3.63) is 40.4 Å². The highest BCUT2D eigenvalue weighted by Gasteiger charge is 2.12. The molecule has 0 saturated carbocycles. The number of aromatic carboxylic acids is 1. The quantitative estimate of drug-likeness (QED) is 0.553. The predicted octanol–water partition coefficient (Wildman–Crippen LogP) is 1.38. The lowest BCUT2D eigenvalue weighted by Crippen LogP contribution is -2.16. The van der Waals surface area contributed by atoms with E-state index in [9.17, 15) is 9.59 Å². The number of anilines is 1. The number of carboxylic acids is 1. The summed E-state index contributed by atoms with van der Waals surface area (Å²) in [5, 5.41) is 20.8. The molecule has 0 fully saturated rings. The summed E-state index contributed by atoms with van der Waals surface area (Å²) in [5.74, 6) is -1.90. The number of rotatable bonds is 5. The fourth-order valence-corrected chi connectivity index (χ4v) is 1.86. The first-order valence-electron chi connectivity index (χ1n) is 5.08. The smallest absolute Gasteiger partial charge is 0.335 e. The topological polar surface area (TPSA) is 116 Å². The van der Waals surface area contributed by atoms with Crippen molar-refractivity contribution in [1.82, 2.24) is 0 Å². The molecule has 1 aromatic carbocycles. The first-order chi connectivity index (χ1) is 8.99. The average molecular weight is 277 g/mol. The third kappa shape index (κ3) is 3.76. The molecule has 0 bridgehead atoms. The largest absolute Gasteiger partial charge is 0.478 e. The van der Waals surface area contributed by atoms with Crippen LogP contribution in [0.4, 0.5) is 5.69 Å². The normalized spacial score (nSPS) is 11.2. The number of hydrogen-bond acceptors (Lipinski definition) is 5. The van der Waals surface area contributed by atoms with E-state index in [-0.39, 0.29) is 16.2 Å². The monoisotopic (exact) mass is 277 g/mol. The maximum atomic E-state index is 11.1. The molecule has 0 spiro atoms. The summed E-state index contributed by atoms with van der Waals surface area (Å²) in [6.45, 7) is 0. The SMILES string of the molecule is CS/C(Nc1cccc(C(=O)O)c1)=C(\C#N)C(N)=O. The number of nitriles is 1. The van der Waals surface area contributed by atoms with Crippen LogP contribution in [0.25, 0.3) is 0 Å². The number of primary amides is 1. The van der Waals surface area contributed by atoms with Crippen LogP contribution in [-0.4, -0.2) is 23.2 Å². The molecule has 0 aliphatic carbocycles. The minimum atomic E-state index is -1.06. The van der Waals surface area contributed by atoms with Gasteiger partial charge in [0.15, 0.2) is 0 Å². The molecular weight excluding hydrogens is 266 g/mol. The summed E-state index contributed by atoms with van der Waals surface area (Å²) < 4.78 is 0. The van der Waals surface area contributed by atoms with Gasteiger partial charge in [0.2, 0.25) is 0 Å². The molecule has 0 aliphatic heterocycles. The molecule has 7 heteroatoms.